The fraction of sp³-hybridized carbons (Fsp3) is 0.0952. The van der Waals surface area contributed by atoms with E-state index >= 15 is 0 Å². The maximum atomic E-state index is 11.5. The van der Waals surface area contributed by atoms with Gasteiger partial charge in [0, 0.05) is 16.0 Å². The van der Waals surface area contributed by atoms with E-state index in [4.69, 9.17) is 11.6 Å². The van der Waals surface area contributed by atoms with Gasteiger partial charge in [0.2, 0.25) is 0 Å². The van der Waals surface area contributed by atoms with Crippen molar-refractivity contribution in [1.29, 1.82) is 0 Å². The van der Waals surface area contributed by atoms with Crippen LogP contribution < -0.4 is 0 Å². The van der Waals surface area contributed by atoms with Gasteiger partial charge in [-0.2, -0.15) is 0 Å². The van der Waals surface area contributed by atoms with E-state index in [-0.39, 0.29) is 6.42 Å². The first-order valence-electron chi connectivity index (χ1n) is 8.06. The SMILES string of the molecule is Cc1c(Cl)ccc2c(CC(=O)O)c(-c3cccc4ccccc34)[nH]c12. The van der Waals surface area contributed by atoms with E-state index in [2.05, 4.69) is 23.2 Å². The minimum Gasteiger partial charge on any atom is -0.481 e. The van der Waals surface area contributed by atoms with E-state index in [1.54, 1.807) is 0 Å². The van der Waals surface area contributed by atoms with Gasteiger partial charge in [-0.05, 0) is 34.9 Å². The monoisotopic (exact) mass is 349 g/mol. The maximum absolute atomic E-state index is 11.5. The highest BCUT2D eigenvalue weighted by atomic mass is 35.5. The fourth-order valence-electron chi connectivity index (χ4n) is 3.44. The first-order chi connectivity index (χ1) is 12.1. The molecule has 0 atom stereocenters. The van der Waals surface area contributed by atoms with Crippen molar-refractivity contribution in [2.45, 2.75) is 13.3 Å². The Labute approximate surface area is 149 Å². The summed E-state index contributed by atoms with van der Waals surface area (Å²) in [5.74, 6) is -0.852. The molecule has 0 fully saturated rings. The summed E-state index contributed by atoms with van der Waals surface area (Å²) in [6.07, 6.45) is -0.0420. The Morgan fingerprint density at radius 1 is 1.04 bits per heavy atom. The standard InChI is InChI=1S/C21H16ClNO2/c1-12-18(22)10-9-16-17(11-19(24)25)21(23-20(12)16)15-8-4-6-13-5-2-3-7-14(13)15/h2-10,23H,11H2,1H3,(H,24,25). The molecule has 0 bridgehead atoms. The molecule has 4 aromatic rings. The number of carboxylic acid groups (broad SMARTS) is 1. The molecule has 1 heterocycles. The first kappa shape index (κ1) is 15.7. The number of carbonyl (C=O) groups is 1. The average Bonchev–Trinajstić information content (AvgIpc) is 2.96. The molecule has 4 rings (SSSR count). The van der Waals surface area contributed by atoms with Crippen LogP contribution in [0.4, 0.5) is 0 Å². The molecule has 2 N–H and O–H groups in total. The number of aromatic amines is 1. The topological polar surface area (TPSA) is 53.1 Å². The number of hydrogen-bond acceptors (Lipinski definition) is 1. The molecule has 4 heteroatoms. The third-order valence-corrected chi connectivity index (χ3v) is 5.07. The van der Waals surface area contributed by atoms with Gasteiger partial charge in [-0.15, -0.1) is 0 Å². The lowest BCUT2D eigenvalue weighted by molar-refractivity contribution is -0.136. The van der Waals surface area contributed by atoms with Crippen LogP contribution in [-0.4, -0.2) is 16.1 Å². The molecule has 0 aliphatic heterocycles. The van der Waals surface area contributed by atoms with Crippen molar-refractivity contribution < 1.29 is 9.90 Å². The van der Waals surface area contributed by atoms with Gasteiger partial charge in [0.05, 0.1) is 17.6 Å². The molecule has 0 saturated heterocycles. The van der Waals surface area contributed by atoms with E-state index in [0.717, 1.165) is 44.1 Å². The van der Waals surface area contributed by atoms with Crippen molar-refractivity contribution >= 4 is 39.2 Å². The van der Waals surface area contributed by atoms with E-state index in [1.165, 1.54) is 0 Å². The number of nitrogens with one attached hydrogen (secondary N) is 1. The molecular weight excluding hydrogens is 334 g/mol. The molecule has 0 aliphatic carbocycles. The smallest absolute Gasteiger partial charge is 0.307 e. The summed E-state index contributed by atoms with van der Waals surface area (Å²) in [7, 11) is 0. The van der Waals surface area contributed by atoms with Crippen LogP contribution >= 0.6 is 11.6 Å². The molecule has 25 heavy (non-hydrogen) atoms. The summed E-state index contributed by atoms with van der Waals surface area (Å²) < 4.78 is 0. The number of aryl methyl sites for hydroxylation is 1. The zero-order chi connectivity index (χ0) is 17.6. The lowest BCUT2D eigenvalue weighted by Crippen LogP contribution is -2.01. The minimum absolute atomic E-state index is 0.0420. The predicted molar refractivity (Wildman–Crippen MR) is 102 cm³/mol. The van der Waals surface area contributed by atoms with Gasteiger partial charge in [-0.3, -0.25) is 4.79 Å². The summed E-state index contributed by atoms with van der Waals surface area (Å²) in [6, 6.07) is 17.9. The van der Waals surface area contributed by atoms with Crippen LogP contribution in [0.1, 0.15) is 11.1 Å². The van der Waals surface area contributed by atoms with Crippen LogP contribution in [0.15, 0.2) is 54.6 Å². The van der Waals surface area contributed by atoms with Crippen molar-refractivity contribution in [3.05, 3.63) is 70.7 Å². The Morgan fingerprint density at radius 3 is 2.60 bits per heavy atom. The second-order valence-corrected chi connectivity index (χ2v) is 6.58. The van der Waals surface area contributed by atoms with Gasteiger partial charge in [-0.1, -0.05) is 60.1 Å². The quantitative estimate of drug-likeness (QED) is 0.507. The number of rotatable bonds is 3. The highest BCUT2D eigenvalue weighted by molar-refractivity contribution is 6.32. The molecule has 0 spiro atoms. The van der Waals surface area contributed by atoms with Crippen molar-refractivity contribution in [3.8, 4) is 11.3 Å². The Balaban J connectivity index is 2.09. The van der Waals surface area contributed by atoms with Crippen LogP contribution in [0.2, 0.25) is 5.02 Å². The molecule has 0 amide bonds. The zero-order valence-corrected chi connectivity index (χ0v) is 14.4. The fourth-order valence-corrected chi connectivity index (χ4v) is 3.60. The number of fused-ring (bicyclic) bond motifs is 2. The zero-order valence-electron chi connectivity index (χ0n) is 13.6. The highest BCUT2D eigenvalue weighted by Crippen LogP contribution is 2.37. The van der Waals surface area contributed by atoms with E-state index in [0.29, 0.717) is 5.02 Å². The summed E-state index contributed by atoms with van der Waals surface area (Å²) in [5, 5.41) is 13.2. The lowest BCUT2D eigenvalue weighted by Gasteiger charge is -2.07. The van der Waals surface area contributed by atoms with Crippen LogP contribution in [0, 0.1) is 6.92 Å². The number of H-pyrrole nitrogens is 1. The second kappa shape index (κ2) is 5.94. The van der Waals surface area contributed by atoms with Crippen LogP contribution in [0.3, 0.4) is 0 Å². The summed E-state index contributed by atoms with van der Waals surface area (Å²) in [5.41, 5.74) is 4.46. The summed E-state index contributed by atoms with van der Waals surface area (Å²) >= 11 is 6.26. The van der Waals surface area contributed by atoms with Gasteiger partial charge in [0.15, 0.2) is 0 Å². The normalized spacial score (nSPS) is 11.3. The van der Waals surface area contributed by atoms with Crippen molar-refractivity contribution in [2.24, 2.45) is 0 Å². The third kappa shape index (κ3) is 2.57. The van der Waals surface area contributed by atoms with Crippen molar-refractivity contribution in [2.75, 3.05) is 0 Å². The van der Waals surface area contributed by atoms with Gasteiger partial charge < -0.3 is 10.1 Å². The molecule has 0 saturated carbocycles. The van der Waals surface area contributed by atoms with E-state index in [1.807, 2.05) is 43.3 Å². The maximum Gasteiger partial charge on any atom is 0.307 e. The Kier molecular flexibility index (Phi) is 3.74. The number of benzene rings is 3. The molecular formula is C21H16ClNO2. The summed E-state index contributed by atoms with van der Waals surface area (Å²) in [4.78, 5) is 14.9. The predicted octanol–water partition coefficient (Wildman–Crippen LogP) is 5.58. The second-order valence-electron chi connectivity index (χ2n) is 6.17. The van der Waals surface area contributed by atoms with E-state index in [9.17, 15) is 9.90 Å². The Bertz CT molecular complexity index is 1120. The van der Waals surface area contributed by atoms with Gasteiger partial charge >= 0.3 is 5.97 Å². The van der Waals surface area contributed by atoms with E-state index < -0.39 is 5.97 Å². The number of aromatic nitrogens is 1. The molecule has 3 nitrogen and oxygen atoms in total. The van der Waals surface area contributed by atoms with Gasteiger partial charge in [-0.25, -0.2) is 0 Å². The summed E-state index contributed by atoms with van der Waals surface area (Å²) in [6.45, 7) is 1.94. The van der Waals surface area contributed by atoms with Gasteiger partial charge in [0.25, 0.3) is 0 Å². The average molecular weight is 350 g/mol. The van der Waals surface area contributed by atoms with Crippen LogP contribution in [0.25, 0.3) is 32.9 Å². The number of halogens is 1. The first-order valence-corrected chi connectivity index (χ1v) is 8.43. The molecule has 1 aromatic heterocycles. The Morgan fingerprint density at radius 2 is 1.80 bits per heavy atom. The van der Waals surface area contributed by atoms with Crippen LogP contribution in [-0.2, 0) is 11.2 Å². The molecule has 0 aliphatic rings. The number of carboxylic acids is 1. The molecule has 124 valence electrons. The largest absolute Gasteiger partial charge is 0.481 e. The number of aliphatic carboxylic acids is 1. The van der Waals surface area contributed by atoms with Crippen molar-refractivity contribution in [3.63, 3.8) is 0 Å². The van der Waals surface area contributed by atoms with Crippen molar-refractivity contribution in [1.82, 2.24) is 4.98 Å². The Hall–Kier alpha value is -2.78. The third-order valence-electron chi connectivity index (χ3n) is 4.66. The minimum atomic E-state index is -0.852. The number of hydrogen-bond donors (Lipinski definition) is 2. The molecule has 0 radical (unpaired) electrons. The van der Waals surface area contributed by atoms with Crippen LogP contribution in [0.5, 0.6) is 0 Å². The molecule has 3 aromatic carbocycles. The molecule has 0 unspecified atom stereocenters. The highest BCUT2D eigenvalue weighted by Gasteiger charge is 2.19. The lowest BCUT2D eigenvalue weighted by atomic mass is 9.97. The van der Waals surface area contributed by atoms with Gasteiger partial charge in [0.1, 0.15) is 0 Å².